The van der Waals surface area contributed by atoms with Crippen LogP contribution >= 0.6 is 46.3 Å². The summed E-state index contributed by atoms with van der Waals surface area (Å²) in [5.74, 6) is 0.698. The monoisotopic (exact) mass is 385 g/mol. The first-order valence-corrected chi connectivity index (χ1v) is 9.22. The van der Waals surface area contributed by atoms with Gasteiger partial charge in [-0.15, -0.1) is 10.2 Å². The molecule has 3 aromatic rings. The minimum atomic E-state index is 0.222. The van der Waals surface area contributed by atoms with Crippen molar-refractivity contribution in [2.75, 3.05) is 5.32 Å². The summed E-state index contributed by atoms with van der Waals surface area (Å²) in [7, 11) is 0. The zero-order valence-corrected chi connectivity index (χ0v) is 15.7. The molecule has 23 heavy (non-hydrogen) atoms. The number of hydrogen-bond acceptors (Lipinski definition) is 7. The lowest BCUT2D eigenvalue weighted by atomic mass is 10.3. The van der Waals surface area contributed by atoms with Crippen molar-refractivity contribution in [3.05, 3.63) is 27.2 Å². The van der Waals surface area contributed by atoms with E-state index >= 15 is 0 Å². The average molecular weight is 386 g/mol. The highest BCUT2D eigenvalue weighted by Gasteiger charge is 2.15. The van der Waals surface area contributed by atoms with E-state index in [1.807, 2.05) is 20.8 Å². The molecule has 2 aromatic heterocycles. The van der Waals surface area contributed by atoms with Gasteiger partial charge in [0.25, 0.3) is 0 Å². The van der Waals surface area contributed by atoms with Crippen LogP contribution in [0.25, 0.3) is 11.0 Å². The van der Waals surface area contributed by atoms with Crippen molar-refractivity contribution < 1.29 is 0 Å². The van der Waals surface area contributed by atoms with E-state index in [-0.39, 0.29) is 6.04 Å². The molecular formula is C14H13Cl2N5S2. The number of halogens is 2. The van der Waals surface area contributed by atoms with Gasteiger partial charge in [0.15, 0.2) is 10.2 Å². The molecule has 120 valence electrons. The summed E-state index contributed by atoms with van der Waals surface area (Å²) in [6.45, 7) is 6.01. The van der Waals surface area contributed by atoms with E-state index in [9.17, 15) is 0 Å². The number of rotatable bonds is 4. The van der Waals surface area contributed by atoms with Gasteiger partial charge in [0, 0.05) is 6.04 Å². The van der Waals surface area contributed by atoms with E-state index in [2.05, 4.69) is 25.5 Å². The van der Waals surface area contributed by atoms with Crippen molar-refractivity contribution in [3.63, 3.8) is 0 Å². The molecule has 1 N–H and O–H groups in total. The van der Waals surface area contributed by atoms with E-state index < -0.39 is 0 Å². The number of benzene rings is 1. The van der Waals surface area contributed by atoms with E-state index in [0.29, 0.717) is 26.9 Å². The molecule has 0 aliphatic heterocycles. The summed E-state index contributed by atoms with van der Waals surface area (Å²) in [5.41, 5.74) is 1.39. The lowest BCUT2D eigenvalue weighted by molar-refractivity contribution is 0.875. The average Bonchev–Trinajstić information content (AvgIpc) is 2.86. The van der Waals surface area contributed by atoms with Gasteiger partial charge in [-0.3, -0.25) is 0 Å². The molecule has 0 saturated heterocycles. The number of nitrogens with one attached hydrogen (secondary N) is 1. The summed E-state index contributed by atoms with van der Waals surface area (Å²) < 4.78 is 0.822. The fourth-order valence-corrected chi connectivity index (χ4v) is 3.97. The summed E-state index contributed by atoms with van der Waals surface area (Å²) in [6, 6.07) is 3.67. The van der Waals surface area contributed by atoms with Crippen molar-refractivity contribution in [1.82, 2.24) is 20.2 Å². The molecule has 5 nitrogen and oxygen atoms in total. The van der Waals surface area contributed by atoms with Gasteiger partial charge in [0.2, 0.25) is 0 Å². The minimum Gasteiger partial charge on any atom is -0.366 e. The van der Waals surface area contributed by atoms with Crippen LogP contribution in [0.2, 0.25) is 10.0 Å². The van der Waals surface area contributed by atoms with E-state index in [0.717, 1.165) is 14.4 Å². The van der Waals surface area contributed by atoms with Gasteiger partial charge in [-0.05, 0) is 44.7 Å². The van der Waals surface area contributed by atoms with E-state index in [4.69, 9.17) is 23.2 Å². The highest BCUT2D eigenvalue weighted by Crippen LogP contribution is 2.35. The molecule has 0 radical (unpaired) electrons. The third-order valence-electron chi connectivity index (χ3n) is 2.79. The van der Waals surface area contributed by atoms with Crippen molar-refractivity contribution in [2.45, 2.75) is 36.2 Å². The molecule has 0 saturated carbocycles. The van der Waals surface area contributed by atoms with Gasteiger partial charge < -0.3 is 5.32 Å². The van der Waals surface area contributed by atoms with Crippen LogP contribution in [0.1, 0.15) is 18.9 Å². The van der Waals surface area contributed by atoms with Crippen LogP contribution in [-0.4, -0.2) is 26.2 Å². The molecular weight excluding hydrogens is 373 g/mol. The third-order valence-corrected chi connectivity index (χ3v) is 5.38. The van der Waals surface area contributed by atoms with Crippen LogP contribution < -0.4 is 5.32 Å². The van der Waals surface area contributed by atoms with E-state index in [1.54, 1.807) is 12.1 Å². The molecule has 0 fully saturated rings. The van der Waals surface area contributed by atoms with Gasteiger partial charge >= 0.3 is 0 Å². The topological polar surface area (TPSA) is 63.6 Å². The Labute approximate surface area is 151 Å². The summed E-state index contributed by atoms with van der Waals surface area (Å²) in [6.07, 6.45) is 0. The number of nitrogens with zero attached hydrogens (tertiary/aromatic N) is 4. The summed E-state index contributed by atoms with van der Waals surface area (Å²) >= 11 is 15.1. The predicted molar refractivity (Wildman–Crippen MR) is 97.1 cm³/mol. The fourth-order valence-electron chi connectivity index (χ4n) is 1.88. The Morgan fingerprint density at radius 3 is 2.30 bits per heavy atom. The lowest BCUT2D eigenvalue weighted by Crippen LogP contribution is -2.12. The first-order chi connectivity index (χ1) is 10.9. The van der Waals surface area contributed by atoms with Gasteiger partial charge in [-0.1, -0.05) is 34.5 Å². The minimum absolute atomic E-state index is 0.222. The Morgan fingerprint density at radius 1 is 1.09 bits per heavy atom. The van der Waals surface area contributed by atoms with Crippen molar-refractivity contribution >= 4 is 63.2 Å². The Bertz CT molecular complexity index is 866. The van der Waals surface area contributed by atoms with Crippen LogP contribution in [0.5, 0.6) is 0 Å². The summed E-state index contributed by atoms with van der Waals surface area (Å²) in [4.78, 5) is 9.31. The smallest absolute Gasteiger partial charge is 0.180 e. The molecule has 0 spiro atoms. The van der Waals surface area contributed by atoms with Crippen LogP contribution in [-0.2, 0) is 0 Å². The number of anilines is 1. The Balaban J connectivity index is 2.10. The number of fused-ring (bicyclic) bond motifs is 1. The molecule has 0 bridgehead atoms. The fraction of sp³-hybridized carbons (Fsp3) is 0.286. The first kappa shape index (κ1) is 16.7. The highest BCUT2D eigenvalue weighted by atomic mass is 35.5. The standard InChI is InChI=1S/C14H13Cl2N5S2/c1-6(2)17-12-13(23-14-21-20-7(3)22-14)19-11-5-9(16)8(15)4-10(11)18-12/h4-6H,1-3H3,(H,17,18). The Kier molecular flexibility index (Phi) is 4.91. The second kappa shape index (κ2) is 6.76. The maximum absolute atomic E-state index is 6.09. The zero-order valence-electron chi connectivity index (χ0n) is 12.6. The normalized spacial score (nSPS) is 11.4. The second-order valence-electron chi connectivity index (χ2n) is 5.12. The highest BCUT2D eigenvalue weighted by molar-refractivity contribution is 8.01. The lowest BCUT2D eigenvalue weighted by Gasteiger charge is -2.13. The molecule has 3 rings (SSSR count). The molecule has 0 unspecified atom stereocenters. The van der Waals surface area contributed by atoms with Gasteiger partial charge in [-0.25, -0.2) is 9.97 Å². The molecule has 0 atom stereocenters. The van der Waals surface area contributed by atoms with Crippen LogP contribution in [0.4, 0.5) is 5.82 Å². The van der Waals surface area contributed by atoms with Crippen molar-refractivity contribution in [1.29, 1.82) is 0 Å². The number of aryl methyl sites for hydroxylation is 1. The predicted octanol–water partition coefficient (Wildman–Crippen LogP) is 5.07. The molecule has 2 heterocycles. The molecule has 0 amide bonds. The van der Waals surface area contributed by atoms with Gasteiger partial charge in [0.1, 0.15) is 10.0 Å². The molecule has 0 aliphatic rings. The maximum atomic E-state index is 6.09. The van der Waals surface area contributed by atoms with Crippen molar-refractivity contribution in [2.24, 2.45) is 0 Å². The van der Waals surface area contributed by atoms with Crippen LogP contribution in [0.3, 0.4) is 0 Å². The van der Waals surface area contributed by atoms with Crippen LogP contribution in [0, 0.1) is 6.92 Å². The Morgan fingerprint density at radius 2 is 1.74 bits per heavy atom. The second-order valence-corrected chi connectivity index (χ2v) is 8.35. The molecule has 0 aliphatic carbocycles. The number of aromatic nitrogens is 4. The zero-order chi connectivity index (χ0) is 16.6. The third kappa shape index (κ3) is 3.85. The molecule has 9 heteroatoms. The maximum Gasteiger partial charge on any atom is 0.180 e. The van der Waals surface area contributed by atoms with E-state index in [1.165, 1.54) is 23.1 Å². The SMILES string of the molecule is Cc1nnc(Sc2nc3cc(Cl)c(Cl)cc3nc2NC(C)C)s1. The largest absolute Gasteiger partial charge is 0.366 e. The Hall–Kier alpha value is -1.15. The molecule has 1 aromatic carbocycles. The van der Waals surface area contributed by atoms with Gasteiger partial charge in [-0.2, -0.15) is 0 Å². The first-order valence-electron chi connectivity index (χ1n) is 6.83. The summed E-state index contributed by atoms with van der Waals surface area (Å²) in [5, 5.41) is 14.0. The van der Waals surface area contributed by atoms with Crippen molar-refractivity contribution in [3.8, 4) is 0 Å². The van der Waals surface area contributed by atoms with Crippen LogP contribution in [0.15, 0.2) is 21.5 Å². The number of hydrogen-bond donors (Lipinski definition) is 1. The van der Waals surface area contributed by atoms with Gasteiger partial charge in [0.05, 0.1) is 21.1 Å². The quantitative estimate of drug-likeness (QED) is 0.676.